The Bertz CT molecular complexity index is 210. The maximum Gasteiger partial charge on any atom is 0.233 e. The largest absolute Gasteiger partial charge is 0.358 e. The Labute approximate surface area is 85.9 Å². The molecule has 1 unspecified atom stereocenters. The predicted octanol–water partition coefficient (Wildman–Crippen LogP) is 0.747. The Morgan fingerprint density at radius 1 is 1.64 bits per heavy atom. The van der Waals surface area contributed by atoms with Crippen LogP contribution in [-0.4, -0.2) is 37.0 Å². The Morgan fingerprint density at radius 2 is 2.29 bits per heavy atom. The van der Waals surface area contributed by atoms with Gasteiger partial charge in [0.05, 0.1) is 19.0 Å². The lowest BCUT2D eigenvalue weighted by Crippen LogP contribution is -2.41. The van der Waals surface area contributed by atoms with E-state index in [1.807, 2.05) is 11.8 Å². The van der Waals surface area contributed by atoms with E-state index >= 15 is 0 Å². The highest BCUT2D eigenvalue weighted by atomic mass is 16.1. The number of carbonyl (C=O) groups is 1. The molecule has 1 amide bonds. The van der Waals surface area contributed by atoms with E-state index in [1.54, 1.807) is 7.05 Å². The Hall–Kier alpha value is -1.08. The molecule has 0 spiro atoms. The molecule has 14 heavy (non-hydrogen) atoms. The zero-order valence-corrected chi connectivity index (χ0v) is 9.21. The summed E-state index contributed by atoms with van der Waals surface area (Å²) in [5.74, 6) is 0.00300. The molecule has 0 fully saturated rings. The maximum absolute atomic E-state index is 11.2. The molecule has 0 aliphatic heterocycles. The van der Waals surface area contributed by atoms with E-state index in [1.165, 1.54) is 0 Å². The number of nitrogens with one attached hydrogen (secondary N) is 1. The first-order valence-corrected chi connectivity index (χ1v) is 4.97. The van der Waals surface area contributed by atoms with Crippen molar-refractivity contribution in [2.24, 2.45) is 0 Å². The van der Waals surface area contributed by atoms with Crippen LogP contribution in [0.25, 0.3) is 0 Å². The SMILES string of the molecule is CCCN(CC(=O)NC)C(C)CC#N. The summed E-state index contributed by atoms with van der Waals surface area (Å²) >= 11 is 0. The van der Waals surface area contributed by atoms with Gasteiger partial charge in [0.25, 0.3) is 0 Å². The van der Waals surface area contributed by atoms with Gasteiger partial charge in [-0.15, -0.1) is 0 Å². The average Bonchev–Trinajstić information content (AvgIpc) is 2.17. The molecule has 1 atom stereocenters. The van der Waals surface area contributed by atoms with Crippen molar-refractivity contribution < 1.29 is 4.79 Å². The zero-order valence-electron chi connectivity index (χ0n) is 9.21. The summed E-state index contributed by atoms with van der Waals surface area (Å²) in [6.07, 6.45) is 1.46. The van der Waals surface area contributed by atoms with Crippen LogP contribution >= 0.6 is 0 Å². The van der Waals surface area contributed by atoms with E-state index in [0.29, 0.717) is 13.0 Å². The molecular weight excluding hydrogens is 178 g/mol. The van der Waals surface area contributed by atoms with Gasteiger partial charge in [0, 0.05) is 13.1 Å². The predicted molar refractivity (Wildman–Crippen MR) is 55.6 cm³/mol. The summed E-state index contributed by atoms with van der Waals surface area (Å²) in [5.41, 5.74) is 0. The Balaban J connectivity index is 4.13. The van der Waals surface area contributed by atoms with Gasteiger partial charge < -0.3 is 5.32 Å². The molecule has 0 aliphatic carbocycles. The highest BCUT2D eigenvalue weighted by Crippen LogP contribution is 2.03. The first-order chi connectivity index (χ1) is 6.65. The quantitative estimate of drug-likeness (QED) is 0.683. The van der Waals surface area contributed by atoms with Crippen LogP contribution in [0.1, 0.15) is 26.7 Å². The lowest BCUT2D eigenvalue weighted by molar-refractivity contribution is -0.122. The van der Waals surface area contributed by atoms with Crippen LogP contribution in [0, 0.1) is 11.3 Å². The smallest absolute Gasteiger partial charge is 0.233 e. The summed E-state index contributed by atoms with van der Waals surface area (Å²) in [7, 11) is 1.63. The lowest BCUT2D eigenvalue weighted by atomic mass is 10.2. The van der Waals surface area contributed by atoms with E-state index in [0.717, 1.165) is 13.0 Å². The topological polar surface area (TPSA) is 56.1 Å². The fourth-order valence-corrected chi connectivity index (χ4v) is 1.27. The first-order valence-electron chi connectivity index (χ1n) is 4.97. The van der Waals surface area contributed by atoms with Gasteiger partial charge in [-0.3, -0.25) is 9.69 Å². The molecule has 0 saturated carbocycles. The number of nitrogens with zero attached hydrogens (tertiary/aromatic N) is 2. The summed E-state index contributed by atoms with van der Waals surface area (Å²) in [5, 5.41) is 11.2. The maximum atomic E-state index is 11.2. The van der Waals surface area contributed by atoms with Gasteiger partial charge in [-0.1, -0.05) is 6.92 Å². The number of likely N-dealkylation sites (N-methyl/N-ethyl adjacent to an activating group) is 1. The molecule has 0 radical (unpaired) electrons. The van der Waals surface area contributed by atoms with Gasteiger partial charge in [-0.2, -0.15) is 5.26 Å². The van der Waals surface area contributed by atoms with Crippen molar-refractivity contribution in [1.82, 2.24) is 10.2 Å². The van der Waals surface area contributed by atoms with Crippen molar-refractivity contribution in [3.63, 3.8) is 0 Å². The number of hydrogen-bond donors (Lipinski definition) is 1. The summed E-state index contributed by atoms with van der Waals surface area (Å²) in [6.45, 7) is 5.28. The number of nitriles is 1. The van der Waals surface area contributed by atoms with Crippen LogP contribution in [0.4, 0.5) is 0 Å². The third kappa shape index (κ3) is 4.83. The number of rotatable bonds is 6. The highest BCUT2D eigenvalue weighted by molar-refractivity contribution is 5.77. The normalized spacial score (nSPS) is 12.2. The second-order valence-electron chi connectivity index (χ2n) is 3.35. The monoisotopic (exact) mass is 197 g/mol. The Kier molecular flexibility index (Phi) is 6.77. The van der Waals surface area contributed by atoms with Crippen molar-refractivity contribution >= 4 is 5.91 Å². The second kappa shape index (κ2) is 7.34. The molecule has 0 aromatic carbocycles. The number of amides is 1. The third-order valence-electron chi connectivity index (χ3n) is 2.15. The van der Waals surface area contributed by atoms with Crippen molar-refractivity contribution in [3.05, 3.63) is 0 Å². The highest BCUT2D eigenvalue weighted by Gasteiger charge is 2.15. The Morgan fingerprint density at radius 3 is 2.71 bits per heavy atom. The van der Waals surface area contributed by atoms with Crippen LogP contribution in [0.2, 0.25) is 0 Å². The first kappa shape index (κ1) is 12.9. The molecule has 0 saturated heterocycles. The molecule has 0 rings (SSSR count). The molecule has 1 N–H and O–H groups in total. The lowest BCUT2D eigenvalue weighted by Gasteiger charge is -2.26. The minimum Gasteiger partial charge on any atom is -0.358 e. The van der Waals surface area contributed by atoms with Gasteiger partial charge in [0.1, 0.15) is 0 Å². The summed E-state index contributed by atoms with van der Waals surface area (Å²) in [6, 6.07) is 2.27. The van der Waals surface area contributed by atoms with Crippen LogP contribution in [0.3, 0.4) is 0 Å². The molecule has 80 valence electrons. The van der Waals surface area contributed by atoms with Gasteiger partial charge in [-0.25, -0.2) is 0 Å². The number of hydrogen-bond acceptors (Lipinski definition) is 3. The number of carbonyl (C=O) groups excluding carboxylic acids is 1. The fourth-order valence-electron chi connectivity index (χ4n) is 1.27. The molecule has 4 nitrogen and oxygen atoms in total. The second-order valence-corrected chi connectivity index (χ2v) is 3.35. The van der Waals surface area contributed by atoms with Gasteiger partial charge in [0.2, 0.25) is 5.91 Å². The minimum atomic E-state index is 0.00300. The van der Waals surface area contributed by atoms with E-state index in [-0.39, 0.29) is 11.9 Å². The van der Waals surface area contributed by atoms with Gasteiger partial charge in [0.15, 0.2) is 0 Å². The molecule has 0 bridgehead atoms. The standard InChI is InChI=1S/C10H19N3O/c1-4-7-13(8-10(14)12-3)9(2)5-6-11/h9H,4-5,7-8H2,1-3H3,(H,12,14). The fraction of sp³-hybridized carbons (Fsp3) is 0.800. The van der Waals surface area contributed by atoms with Crippen molar-refractivity contribution in [3.8, 4) is 6.07 Å². The van der Waals surface area contributed by atoms with E-state index in [9.17, 15) is 4.79 Å². The molecule has 4 heteroatoms. The molecule has 0 heterocycles. The van der Waals surface area contributed by atoms with E-state index in [4.69, 9.17) is 5.26 Å². The van der Waals surface area contributed by atoms with Crippen LogP contribution < -0.4 is 5.32 Å². The average molecular weight is 197 g/mol. The third-order valence-corrected chi connectivity index (χ3v) is 2.15. The van der Waals surface area contributed by atoms with E-state index in [2.05, 4.69) is 18.3 Å². The molecule has 0 aromatic heterocycles. The van der Waals surface area contributed by atoms with Crippen LogP contribution in [0.15, 0.2) is 0 Å². The molecule has 0 aromatic rings. The van der Waals surface area contributed by atoms with Crippen molar-refractivity contribution in [1.29, 1.82) is 5.26 Å². The van der Waals surface area contributed by atoms with Gasteiger partial charge >= 0.3 is 0 Å². The minimum absolute atomic E-state index is 0.00300. The van der Waals surface area contributed by atoms with E-state index < -0.39 is 0 Å². The molecule has 0 aliphatic rings. The van der Waals surface area contributed by atoms with Crippen LogP contribution in [-0.2, 0) is 4.79 Å². The van der Waals surface area contributed by atoms with Crippen molar-refractivity contribution in [2.75, 3.05) is 20.1 Å². The van der Waals surface area contributed by atoms with Gasteiger partial charge in [-0.05, 0) is 19.9 Å². The zero-order chi connectivity index (χ0) is 11.0. The summed E-state index contributed by atoms with van der Waals surface area (Å²) < 4.78 is 0. The molecular formula is C10H19N3O. The summed E-state index contributed by atoms with van der Waals surface area (Å²) in [4.78, 5) is 13.2. The van der Waals surface area contributed by atoms with Crippen LogP contribution in [0.5, 0.6) is 0 Å². The van der Waals surface area contributed by atoms with Crippen molar-refractivity contribution in [2.45, 2.75) is 32.7 Å².